The molecule has 1 heterocycles. The van der Waals surface area contributed by atoms with Crippen molar-refractivity contribution in [1.29, 1.82) is 0 Å². The van der Waals surface area contributed by atoms with Gasteiger partial charge < -0.3 is 4.84 Å². The summed E-state index contributed by atoms with van der Waals surface area (Å²) in [6, 6.07) is 0.893. The van der Waals surface area contributed by atoms with Crippen LogP contribution in [0.15, 0.2) is 12.3 Å². The van der Waals surface area contributed by atoms with Gasteiger partial charge in [0, 0.05) is 0 Å². The van der Waals surface area contributed by atoms with Gasteiger partial charge >= 0.3 is 5.97 Å². The predicted molar refractivity (Wildman–Crippen MR) is 38.8 cm³/mol. The molecule has 0 spiro atoms. The third-order valence-corrected chi connectivity index (χ3v) is 1.43. The van der Waals surface area contributed by atoms with Crippen LogP contribution in [0.5, 0.6) is 0 Å². The Morgan fingerprint density at radius 3 is 3.00 bits per heavy atom. The molecule has 0 radical (unpaired) electrons. The number of aromatic nitrogens is 1. The van der Waals surface area contributed by atoms with Crippen LogP contribution in [0, 0.1) is 5.82 Å². The first-order valence-electron chi connectivity index (χ1n) is 2.87. The average Bonchev–Trinajstić information content (AvgIpc) is 2.08. The number of halogens is 2. The van der Waals surface area contributed by atoms with Crippen molar-refractivity contribution < 1.29 is 14.0 Å². The molecule has 4 nitrogen and oxygen atoms in total. The molecule has 0 bridgehead atoms. The number of carbonyl (C=O) groups excluding carboxylic acids is 1. The summed E-state index contributed by atoms with van der Waals surface area (Å²) in [7, 11) is 0. The van der Waals surface area contributed by atoms with E-state index in [1.54, 1.807) is 0 Å². The van der Waals surface area contributed by atoms with Crippen molar-refractivity contribution in [3.8, 4) is 0 Å². The second-order valence-corrected chi connectivity index (χ2v) is 2.26. The zero-order valence-electron chi connectivity index (χ0n) is 5.75. The van der Waals surface area contributed by atoms with Crippen LogP contribution in [-0.4, -0.2) is 11.0 Å². The van der Waals surface area contributed by atoms with Crippen molar-refractivity contribution in [3.05, 3.63) is 28.8 Å². The standard InChI is InChI=1S/C6H4ClFN2O2/c7-5-4(6(11)12-9)1-3(8)2-10-5/h1-2H,9H2. The van der Waals surface area contributed by atoms with Crippen molar-refractivity contribution in [2.24, 2.45) is 5.90 Å². The minimum Gasteiger partial charge on any atom is -0.370 e. The van der Waals surface area contributed by atoms with Crippen molar-refractivity contribution in [3.63, 3.8) is 0 Å². The van der Waals surface area contributed by atoms with Gasteiger partial charge in [0.1, 0.15) is 16.5 Å². The Kier molecular flexibility index (Phi) is 2.57. The fourth-order valence-corrected chi connectivity index (χ4v) is 0.810. The van der Waals surface area contributed by atoms with Crippen LogP contribution in [0.2, 0.25) is 5.15 Å². The number of hydrogen-bond acceptors (Lipinski definition) is 4. The van der Waals surface area contributed by atoms with E-state index in [1.165, 1.54) is 0 Å². The van der Waals surface area contributed by atoms with Crippen LogP contribution < -0.4 is 5.90 Å². The number of hydrogen-bond donors (Lipinski definition) is 1. The van der Waals surface area contributed by atoms with Gasteiger partial charge in [-0.25, -0.2) is 14.2 Å². The predicted octanol–water partition coefficient (Wildman–Crippen LogP) is 0.905. The van der Waals surface area contributed by atoms with Crippen molar-refractivity contribution in [1.82, 2.24) is 4.98 Å². The molecule has 12 heavy (non-hydrogen) atoms. The van der Waals surface area contributed by atoms with E-state index < -0.39 is 11.8 Å². The summed E-state index contributed by atoms with van der Waals surface area (Å²) in [5.41, 5.74) is -0.195. The van der Waals surface area contributed by atoms with Crippen LogP contribution in [0.3, 0.4) is 0 Å². The zero-order valence-corrected chi connectivity index (χ0v) is 6.51. The number of nitrogens with two attached hydrogens (primary N) is 1. The maximum Gasteiger partial charge on any atom is 0.359 e. The topological polar surface area (TPSA) is 65.2 Å². The van der Waals surface area contributed by atoms with E-state index in [4.69, 9.17) is 11.6 Å². The Morgan fingerprint density at radius 2 is 2.42 bits per heavy atom. The molecular weight excluding hydrogens is 187 g/mol. The van der Waals surface area contributed by atoms with E-state index >= 15 is 0 Å². The molecule has 1 aromatic rings. The summed E-state index contributed by atoms with van der Waals surface area (Å²) in [6.07, 6.45) is 0.885. The molecule has 64 valence electrons. The number of nitrogens with zero attached hydrogens (tertiary/aromatic N) is 1. The highest BCUT2D eigenvalue weighted by Crippen LogP contribution is 2.13. The fourth-order valence-electron chi connectivity index (χ4n) is 0.629. The molecule has 0 aliphatic carbocycles. The summed E-state index contributed by atoms with van der Waals surface area (Å²) in [5.74, 6) is 2.96. The highest BCUT2D eigenvalue weighted by Gasteiger charge is 2.12. The number of rotatable bonds is 1. The molecule has 0 aliphatic heterocycles. The van der Waals surface area contributed by atoms with E-state index in [0.717, 1.165) is 12.3 Å². The molecule has 1 aromatic heterocycles. The third-order valence-electron chi connectivity index (χ3n) is 1.13. The average molecular weight is 191 g/mol. The molecule has 0 aliphatic rings. The van der Waals surface area contributed by atoms with Gasteiger partial charge in [-0.3, -0.25) is 0 Å². The molecule has 0 fully saturated rings. The maximum absolute atomic E-state index is 12.5. The van der Waals surface area contributed by atoms with E-state index in [1.807, 2.05) is 0 Å². The highest BCUT2D eigenvalue weighted by molar-refractivity contribution is 6.32. The first kappa shape index (κ1) is 8.89. The molecule has 0 saturated heterocycles. The second-order valence-electron chi connectivity index (χ2n) is 1.90. The molecule has 0 atom stereocenters. The largest absolute Gasteiger partial charge is 0.370 e. The molecular formula is C6H4ClFN2O2. The fraction of sp³-hybridized carbons (Fsp3) is 0. The number of carbonyl (C=O) groups is 1. The smallest absolute Gasteiger partial charge is 0.359 e. The lowest BCUT2D eigenvalue weighted by atomic mass is 10.3. The molecule has 6 heteroatoms. The second kappa shape index (κ2) is 3.46. The van der Waals surface area contributed by atoms with Crippen LogP contribution in [0.1, 0.15) is 10.4 Å². The van der Waals surface area contributed by atoms with Crippen LogP contribution >= 0.6 is 11.6 Å². The van der Waals surface area contributed by atoms with Gasteiger partial charge in [-0.1, -0.05) is 11.6 Å². The number of pyridine rings is 1. The Labute approximate surface area is 72.1 Å². The first-order chi connectivity index (χ1) is 5.65. The minimum atomic E-state index is -0.924. The summed E-state index contributed by atoms with van der Waals surface area (Å²) < 4.78 is 12.5. The maximum atomic E-state index is 12.5. The Hall–Kier alpha value is -1.20. The van der Waals surface area contributed by atoms with E-state index in [-0.39, 0.29) is 10.7 Å². The van der Waals surface area contributed by atoms with Gasteiger partial charge in [-0.15, -0.1) is 0 Å². The summed E-state index contributed by atoms with van der Waals surface area (Å²) in [4.78, 5) is 18.0. The van der Waals surface area contributed by atoms with Gasteiger partial charge in [0.25, 0.3) is 0 Å². The highest BCUT2D eigenvalue weighted by atomic mass is 35.5. The molecule has 0 unspecified atom stereocenters. The van der Waals surface area contributed by atoms with Crippen molar-refractivity contribution >= 4 is 17.6 Å². The van der Waals surface area contributed by atoms with Crippen LogP contribution in [-0.2, 0) is 4.84 Å². The van der Waals surface area contributed by atoms with Gasteiger partial charge in [0.2, 0.25) is 0 Å². The molecule has 1 rings (SSSR count). The summed E-state index contributed by atoms with van der Waals surface area (Å²) >= 11 is 5.44. The lowest BCUT2D eigenvalue weighted by molar-refractivity contribution is 0.0502. The monoisotopic (exact) mass is 190 g/mol. The van der Waals surface area contributed by atoms with E-state index in [0.29, 0.717) is 0 Å². The normalized spacial score (nSPS) is 9.58. The Bertz CT molecular complexity index is 318. The van der Waals surface area contributed by atoms with E-state index in [9.17, 15) is 9.18 Å². The molecule has 2 N–H and O–H groups in total. The van der Waals surface area contributed by atoms with Crippen molar-refractivity contribution in [2.45, 2.75) is 0 Å². The van der Waals surface area contributed by atoms with Gasteiger partial charge in [-0.2, -0.15) is 5.90 Å². The first-order valence-corrected chi connectivity index (χ1v) is 3.25. The van der Waals surface area contributed by atoms with Crippen molar-refractivity contribution in [2.75, 3.05) is 0 Å². The summed E-state index contributed by atoms with van der Waals surface area (Å²) in [5, 5.41) is -0.146. The Balaban J connectivity index is 3.13. The lowest BCUT2D eigenvalue weighted by Gasteiger charge is -1.99. The SMILES string of the molecule is NOC(=O)c1cc(F)cnc1Cl. The van der Waals surface area contributed by atoms with Gasteiger partial charge in [0.15, 0.2) is 0 Å². The van der Waals surface area contributed by atoms with Crippen LogP contribution in [0.25, 0.3) is 0 Å². The zero-order chi connectivity index (χ0) is 9.14. The van der Waals surface area contributed by atoms with Gasteiger partial charge in [-0.05, 0) is 6.07 Å². The summed E-state index contributed by atoms with van der Waals surface area (Å²) in [6.45, 7) is 0. The molecule has 0 amide bonds. The lowest BCUT2D eigenvalue weighted by Crippen LogP contribution is -2.11. The molecule has 0 saturated carbocycles. The van der Waals surface area contributed by atoms with Gasteiger partial charge in [0.05, 0.1) is 6.20 Å². The molecule has 0 aromatic carbocycles. The Morgan fingerprint density at radius 1 is 1.75 bits per heavy atom. The quantitative estimate of drug-likeness (QED) is 0.528. The van der Waals surface area contributed by atoms with E-state index in [2.05, 4.69) is 15.7 Å². The minimum absolute atomic E-state index is 0.146. The third kappa shape index (κ3) is 1.69. The van der Waals surface area contributed by atoms with Crippen LogP contribution in [0.4, 0.5) is 4.39 Å².